The van der Waals surface area contributed by atoms with Crippen molar-refractivity contribution in [3.8, 4) is 0 Å². The van der Waals surface area contributed by atoms with Crippen LogP contribution in [0.15, 0.2) is 0 Å². The predicted octanol–water partition coefficient (Wildman–Crippen LogP) is 1.43. The average molecular weight is 128 g/mol. The Balaban J connectivity index is 3.26. The van der Waals surface area contributed by atoms with Gasteiger partial charge in [-0.05, 0) is 11.6 Å². The number of hydrogen-bond donors (Lipinski definition) is 0. The Morgan fingerprint density at radius 2 is 2.00 bits per heavy atom. The first-order chi connectivity index (χ1) is 2.64. The minimum Gasteiger partial charge on any atom is -0.254 e. The number of rotatable bonds is 0. The summed E-state index contributed by atoms with van der Waals surface area (Å²) in [7, 11) is 1.36. The third-order valence-electron chi connectivity index (χ3n) is 0.242. The molecule has 0 radical (unpaired) electrons. The lowest BCUT2D eigenvalue weighted by Gasteiger charge is -1.94. The molecule has 0 fully saturated rings. The number of carbonyl (C=O) groups is 1. The maximum absolute atomic E-state index is 9.70. The van der Waals surface area contributed by atoms with Gasteiger partial charge in [0.2, 0.25) is 0 Å². The highest BCUT2D eigenvalue weighted by Gasteiger charge is 1.94. The molecule has 0 bridgehead atoms. The molecule has 0 aromatic heterocycles. The highest BCUT2D eigenvalue weighted by atomic mass is 35.5. The molecule has 2 nitrogen and oxygen atoms in total. The fourth-order valence-electron chi connectivity index (χ4n) is 0. The first-order valence-electron chi connectivity index (χ1n) is 1.23. The van der Waals surface area contributed by atoms with E-state index in [4.69, 9.17) is 23.4 Å². The second kappa shape index (κ2) is 2.26. The van der Waals surface area contributed by atoms with Crippen molar-refractivity contribution in [2.24, 2.45) is 0 Å². The van der Waals surface area contributed by atoms with Gasteiger partial charge in [0.05, 0.1) is 0 Å². The van der Waals surface area contributed by atoms with Gasteiger partial charge >= 0.3 is 5.37 Å². The molecule has 0 saturated carbocycles. The van der Waals surface area contributed by atoms with Crippen molar-refractivity contribution in [2.75, 3.05) is 7.05 Å². The molecular weight excluding hydrogens is 125 g/mol. The minimum atomic E-state index is -0.670. The lowest BCUT2D eigenvalue weighted by molar-refractivity contribution is 0.250. The second-order valence-corrected chi connectivity index (χ2v) is 1.56. The van der Waals surface area contributed by atoms with Gasteiger partial charge in [0.25, 0.3) is 0 Å². The topological polar surface area (TPSA) is 20.3 Å². The Morgan fingerprint density at radius 1 is 1.83 bits per heavy atom. The maximum atomic E-state index is 9.70. The van der Waals surface area contributed by atoms with E-state index < -0.39 is 5.37 Å². The summed E-state index contributed by atoms with van der Waals surface area (Å²) in [4.78, 5) is 9.70. The largest absolute Gasteiger partial charge is 0.330 e. The molecule has 0 aromatic rings. The molecule has 6 heavy (non-hydrogen) atoms. The van der Waals surface area contributed by atoms with Crippen LogP contribution in [0, 0.1) is 0 Å². The molecule has 0 aliphatic heterocycles. The van der Waals surface area contributed by atoms with Gasteiger partial charge in [-0.1, -0.05) is 0 Å². The average Bonchev–Trinajstić information content (AvgIpc) is 1.36. The lowest BCUT2D eigenvalue weighted by atomic mass is 11.2. The number of hydrogen-bond acceptors (Lipinski definition) is 1. The van der Waals surface area contributed by atoms with Crippen LogP contribution < -0.4 is 0 Å². The quantitative estimate of drug-likeness (QED) is 0.274. The summed E-state index contributed by atoms with van der Waals surface area (Å²) in [6.07, 6.45) is 0. The summed E-state index contributed by atoms with van der Waals surface area (Å²) in [6.45, 7) is 0. The molecule has 0 N–H and O–H groups in total. The summed E-state index contributed by atoms with van der Waals surface area (Å²) >= 11 is 9.73. The van der Waals surface area contributed by atoms with Crippen molar-refractivity contribution in [1.82, 2.24) is 4.42 Å². The first kappa shape index (κ1) is 6.05. The van der Waals surface area contributed by atoms with Gasteiger partial charge in [-0.15, -0.1) is 0 Å². The molecule has 0 unspecified atom stereocenters. The van der Waals surface area contributed by atoms with E-state index in [1.54, 1.807) is 0 Å². The smallest absolute Gasteiger partial charge is 0.254 e. The van der Waals surface area contributed by atoms with Crippen LogP contribution in [0.25, 0.3) is 0 Å². The fourth-order valence-corrected chi connectivity index (χ4v) is 0. The molecule has 0 aromatic carbocycles. The Morgan fingerprint density at radius 3 is 2.00 bits per heavy atom. The summed E-state index contributed by atoms with van der Waals surface area (Å²) in [5.74, 6) is 0. The van der Waals surface area contributed by atoms with Crippen LogP contribution in [0.1, 0.15) is 0 Å². The molecule has 1 amide bonds. The molecule has 0 spiro atoms. The van der Waals surface area contributed by atoms with E-state index in [2.05, 4.69) is 0 Å². The van der Waals surface area contributed by atoms with Crippen LogP contribution in [0.5, 0.6) is 0 Å². The SMILES string of the molecule is CN(Cl)C(=O)Cl. The Bertz CT molecular complexity index is 62.6. The summed E-state index contributed by atoms with van der Waals surface area (Å²) in [5.41, 5.74) is 0. The van der Waals surface area contributed by atoms with Crippen LogP contribution >= 0.6 is 23.4 Å². The Hall–Kier alpha value is 0.0500. The monoisotopic (exact) mass is 127 g/mol. The molecular formula is C2H3Cl2NO. The molecule has 4 heteroatoms. The van der Waals surface area contributed by atoms with Crippen molar-refractivity contribution in [3.05, 3.63) is 0 Å². The van der Waals surface area contributed by atoms with Gasteiger partial charge < -0.3 is 0 Å². The van der Waals surface area contributed by atoms with E-state index in [0.717, 1.165) is 4.42 Å². The van der Waals surface area contributed by atoms with Crippen LogP contribution in [0.4, 0.5) is 4.79 Å². The molecule has 0 rings (SSSR count). The van der Waals surface area contributed by atoms with Crippen molar-refractivity contribution >= 4 is 28.7 Å². The standard InChI is InChI=1S/C2H3Cl2NO/c1-5(4)2(3)6/h1H3. The van der Waals surface area contributed by atoms with E-state index in [1.807, 2.05) is 0 Å². The molecule has 0 saturated heterocycles. The zero-order valence-electron chi connectivity index (χ0n) is 3.11. The van der Waals surface area contributed by atoms with Crippen molar-refractivity contribution in [3.63, 3.8) is 0 Å². The van der Waals surface area contributed by atoms with E-state index in [1.165, 1.54) is 7.05 Å². The van der Waals surface area contributed by atoms with Crippen molar-refractivity contribution < 1.29 is 4.79 Å². The van der Waals surface area contributed by atoms with E-state index in [9.17, 15) is 4.79 Å². The third-order valence-corrected chi connectivity index (χ3v) is 0.736. The Labute approximate surface area is 45.7 Å². The maximum Gasteiger partial charge on any atom is 0.330 e. The number of carbonyl (C=O) groups excluding carboxylic acids is 1. The van der Waals surface area contributed by atoms with Gasteiger partial charge in [-0.25, -0.2) is 4.42 Å². The van der Waals surface area contributed by atoms with Gasteiger partial charge in [-0.2, -0.15) is 0 Å². The normalized spacial score (nSPS) is 7.83. The van der Waals surface area contributed by atoms with Crippen LogP contribution in [0.2, 0.25) is 0 Å². The fraction of sp³-hybridized carbons (Fsp3) is 0.500. The number of nitrogens with zero attached hydrogens (tertiary/aromatic N) is 1. The Kier molecular flexibility index (Phi) is 2.28. The number of halogens is 2. The first-order valence-corrected chi connectivity index (χ1v) is 1.95. The molecule has 0 heterocycles. The zero-order chi connectivity index (χ0) is 5.15. The summed E-state index contributed by atoms with van der Waals surface area (Å²) in [6, 6.07) is 0. The summed E-state index contributed by atoms with van der Waals surface area (Å²) < 4.78 is 0.765. The predicted molar refractivity (Wildman–Crippen MR) is 24.9 cm³/mol. The highest BCUT2D eigenvalue weighted by molar-refractivity contribution is 6.65. The van der Waals surface area contributed by atoms with Crippen molar-refractivity contribution in [2.45, 2.75) is 0 Å². The van der Waals surface area contributed by atoms with Gasteiger partial charge in [0, 0.05) is 18.8 Å². The lowest BCUT2D eigenvalue weighted by Crippen LogP contribution is -2.05. The summed E-state index contributed by atoms with van der Waals surface area (Å²) in [5, 5.41) is -0.670. The van der Waals surface area contributed by atoms with Gasteiger partial charge in [0.15, 0.2) is 0 Å². The van der Waals surface area contributed by atoms with Crippen LogP contribution in [-0.4, -0.2) is 16.8 Å². The van der Waals surface area contributed by atoms with Crippen LogP contribution in [-0.2, 0) is 0 Å². The van der Waals surface area contributed by atoms with Gasteiger partial charge in [-0.3, -0.25) is 4.79 Å². The second-order valence-electron chi connectivity index (χ2n) is 0.730. The number of amides is 1. The van der Waals surface area contributed by atoms with Crippen molar-refractivity contribution in [1.29, 1.82) is 0 Å². The van der Waals surface area contributed by atoms with E-state index in [0.29, 0.717) is 0 Å². The van der Waals surface area contributed by atoms with Crippen LogP contribution in [0.3, 0.4) is 0 Å². The minimum absolute atomic E-state index is 0.670. The third kappa shape index (κ3) is 2.30. The molecule has 0 aliphatic rings. The van der Waals surface area contributed by atoms with Gasteiger partial charge in [0.1, 0.15) is 0 Å². The zero-order valence-corrected chi connectivity index (χ0v) is 4.62. The molecule has 0 aliphatic carbocycles. The highest BCUT2D eigenvalue weighted by Crippen LogP contribution is 1.93. The van der Waals surface area contributed by atoms with E-state index in [-0.39, 0.29) is 0 Å². The van der Waals surface area contributed by atoms with E-state index >= 15 is 0 Å². The molecule has 36 valence electrons. The molecule has 0 atom stereocenters.